The number of piperidine rings is 1. The van der Waals surface area contributed by atoms with E-state index in [-0.39, 0.29) is 5.91 Å². The van der Waals surface area contributed by atoms with E-state index in [0.29, 0.717) is 31.4 Å². The van der Waals surface area contributed by atoms with E-state index in [4.69, 9.17) is 9.26 Å². The Morgan fingerprint density at radius 3 is 3.08 bits per heavy atom. The van der Waals surface area contributed by atoms with Crippen LogP contribution in [-0.2, 0) is 16.0 Å². The summed E-state index contributed by atoms with van der Waals surface area (Å²) in [6.07, 6.45) is 4.50. The van der Waals surface area contributed by atoms with E-state index in [1.54, 1.807) is 0 Å². The summed E-state index contributed by atoms with van der Waals surface area (Å²) in [6.45, 7) is 8.26. The van der Waals surface area contributed by atoms with Gasteiger partial charge in [0.05, 0.1) is 17.7 Å². The van der Waals surface area contributed by atoms with E-state index in [1.807, 2.05) is 6.07 Å². The number of carbonyl (C=O) groups is 1. The monoisotopic (exact) mass is 349 g/mol. The van der Waals surface area contributed by atoms with Crippen molar-refractivity contribution in [1.82, 2.24) is 15.8 Å². The lowest BCUT2D eigenvalue weighted by Gasteiger charge is -2.35. The van der Waals surface area contributed by atoms with Crippen LogP contribution in [0.5, 0.6) is 0 Å². The van der Waals surface area contributed by atoms with Crippen LogP contribution in [0.25, 0.3) is 0 Å². The normalized spacial score (nSPS) is 26.9. The quantitative estimate of drug-likeness (QED) is 0.790. The minimum Gasteiger partial charge on any atom is -0.381 e. The Labute approximate surface area is 150 Å². The highest BCUT2D eigenvalue weighted by molar-refractivity contribution is 5.83. The standard InChI is InChI=1S/C19H31N3O3/c1-14(2)4-8-21-18(23)19(6-3-7-20-13-19)11-16-10-17(22-25-16)15-5-9-24-12-15/h10,14-15,20H,3-9,11-13H2,1-2H3,(H,21,23)/t15-,19-/m0/s1. The van der Waals surface area contributed by atoms with Crippen LogP contribution >= 0.6 is 0 Å². The molecule has 3 rings (SSSR count). The fourth-order valence-corrected chi connectivity index (χ4v) is 3.76. The van der Waals surface area contributed by atoms with Gasteiger partial charge in [0, 0.05) is 38.1 Å². The van der Waals surface area contributed by atoms with Gasteiger partial charge >= 0.3 is 0 Å². The third-order valence-electron chi connectivity index (χ3n) is 5.40. The zero-order valence-corrected chi connectivity index (χ0v) is 15.5. The lowest BCUT2D eigenvalue weighted by atomic mass is 9.76. The highest BCUT2D eigenvalue weighted by Gasteiger charge is 2.41. The van der Waals surface area contributed by atoms with Crippen LogP contribution in [0.2, 0.25) is 0 Å². The maximum atomic E-state index is 12.9. The van der Waals surface area contributed by atoms with Gasteiger partial charge in [-0.25, -0.2) is 0 Å². The lowest BCUT2D eigenvalue weighted by Crippen LogP contribution is -2.52. The molecule has 0 aromatic carbocycles. The largest absolute Gasteiger partial charge is 0.381 e. The summed E-state index contributed by atoms with van der Waals surface area (Å²) < 4.78 is 11.0. The van der Waals surface area contributed by atoms with E-state index >= 15 is 0 Å². The molecule has 25 heavy (non-hydrogen) atoms. The van der Waals surface area contributed by atoms with Crippen molar-refractivity contribution in [2.45, 2.75) is 51.9 Å². The van der Waals surface area contributed by atoms with Crippen LogP contribution < -0.4 is 10.6 Å². The van der Waals surface area contributed by atoms with Gasteiger partial charge in [-0.05, 0) is 38.1 Å². The number of nitrogens with zero attached hydrogens (tertiary/aromatic N) is 1. The van der Waals surface area contributed by atoms with Gasteiger partial charge in [0.15, 0.2) is 0 Å². The van der Waals surface area contributed by atoms with Gasteiger partial charge in [-0.1, -0.05) is 19.0 Å². The number of amides is 1. The molecule has 0 aliphatic carbocycles. The molecule has 2 fully saturated rings. The summed E-state index contributed by atoms with van der Waals surface area (Å²) in [6, 6.07) is 2.02. The number of carbonyl (C=O) groups excluding carboxylic acids is 1. The highest BCUT2D eigenvalue weighted by Crippen LogP contribution is 2.33. The van der Waals surface area contributed by atoms with Crippen LogP contribution in [-0.4, -0.2) is 43.9 Å². The summed E-state index contributed by atoms with van der Waals surface area (Å²) in [4.78, 5) is 12.9. The van der Waals surface area contributed by atoms with Gasteiger partial charge in [0.25, 0.3) is 0 Å². The molecule has 0 bridgehead atoms. The second kappa shape index (κ2) is 8.32. The third kappa shape index (κ3) is 4.61. The van der Waals surface area contributed by atoms with E-state index in [1.165, 1.54) is 0 Å². The lowest BCUT2D eigenvalue weighted by molar-refractivity contribution is -0.132. The van der Waals surface area contributed by atoms with Gasteiger partial charge < -0.3 is 19.9 Å². The second-order valence-corrected chi connectivity index (χ2v) is 7.95. The molecule has 2 aliphatic heterocycles. The Hall–Kier alpha value is -1.40. The van der Waals surface area contributed by atoms with E-state index in [9.17, 15) is 4.79 Å². The van der Waals surface area contributed by atoms with Crippen molar-refractivity contribution >= 4 is 5.91 Å². The summed E-state index contributed by atoms with van der Waals surface area (Å²) in [5.74, 6) is 1.87. The van der Waals surface area contributed by atoms with Gasteiger partial charge in [0.2, 0.25) is 5.91 Å². The SMILES string of the molecule is CC(C)CCNC(=O)[C@]1(Cc2cc([C@H]3CCOC3)no2)CCCNC1. The smallest absolute Gasteiger partial charge is 0.227 e. The fourth-order valence-electron chi connectivity index (χ4n) is 3.76. The Balaban J connectivity index is 1.66. The molecule has 6 heteroatoms. The van der Waals surface area contributed by atoms with Crippen LogP contribution in [0.3, 0.4) is 0 Å². The Morgan fingerprint density at radius 1 is 1.52 bits per heavy atom. The number of ether oxygens (including phenoxy) is 1. The molecule has 2 saturated heterocycles. The topological polar surface area (TPSA) is 76.4 Å². The molecule has 0 spiro atoms. The first-order valence-corrected chi connectivity index (χ1v) is 9.61. The molecule has 1 aromatic heterocycles. The Morgan fingerprint density at radius 2 is 2.40 bits per heavy atom. The van der Waals surface area contributed by atoms with E-state index < -0.39 is 5.41 Å². The van der Waals surface area contributed by atoms with Gasteiger partial charge in [-0.15, -0.1) is 0 Å². The van der Waals surface area contributed by atoms with Crippen LogP contribution in [0.15, 0.2) is 10.6 Å². The Kier molecular flexibility index (Phi) is 6.12. The van der Waals surface area contributed by atoms with Crippen molar-refractivity contribution in [3.8, 4) is 0 Å². The van der Waals surface area contributed by atoms with Gasteiger partial charge in [0.1, 0.15) is 5.76 Å². The van der Waals surface area contributed by atoms with Crippen molar-refractivity contribution in [2.75, 3.05) is 32.8 Å². The van der Waals surface area contributed by atoms with Crippen molar-refractivity contribution in [1.29, 1.82) is 0 Å². The summed E-state index contributed by atoms with van der Waals surface area (Å²) >= 11 is 0. The second-order valence-electron chi connectivity index (χ2n) is 7.95. The van der Waals surface area contributed by atoms with E-state index in [2.05, 4.69) is 29.6 Å². The first-order valence-electron chi connectivity index (χ1n) is 9.61. The molecule has 140 valence electrons. The Bertz CT molecular complexity index is 558. The zero-order chi connectivity index (χ0) is 17.7. The predicted octanol–water partition coefficient (Wildman–Crippen LogP) is 2.25. The number of rotatable bonds is 7. The number of nitrogens with one attached hydrogen (secondary N) is 2. The summed E-state index contributed by atoms with van der Waals surface area (Å²) in [5, 5.41) is 10.8. The number of hydrogen-bond donors (Lipinski definition) is 2. The van der Waals surface area contributed by atoms with Crippen molar-refractivity contribution in [2.24, 2.45) is 11.3 Å². The fraction of sp³-hybridized carbons (Fsp3) is 0.789. The maximum absolute atomic E-state index is 12.9. The molecule has 3 heterocycles. The average Bonchev–Trinajstić information content (AvgIpc) is 3.26. The van der Waals surface area contributed by atoms with Crippen molar-refractivity contribution in [3.63, 3.8) is 0 Å². The summed E-state index contributed by atoms with van der Waals surface area (Å²) in [7, 11) is 0. The molecule has 1 amide bonds. The molecule has 0 radical (unpaired) electrons. The maximum Gasteiger partial charge on any atom is 0.227 e. The number of aromatic nitrogens is 1. The summed E-state index contributed by atoms with van der Waals surface area (Å²) in [5.41, 5.74) is 0.532. The highest BCUT2D eigenvalue weighted by atomic mass is 16.5. The zero-order valence-electron chi connectivity index (χ0n) is 15.5. The molecule has 1 aromatic rings. The van der Waals surface area contributed by atoms with E-state index in [0.717, 1.165) is 56.8 Å². The molecule has 2 N–H and O–H groups in total. The van der Waals surface area contributed by atoms with Crippen molar-refractivity contribution < 1.29 is 14.1 Å². The minimum atomic E-state index is -0.432. The molecule has 6 nitrogen and oxygen atoms in total. The van der Waals surface area contributed by atoms with Gasteiger partial charge in [-0.3, -0.25) is 4.79 Å². The van der Waals surface area contributed by atoms with Crippen molar-refractivity contribution in [3.05, 3.63) is 17.5 Å². The van der Waals surface area contributed by atoms with Crippen LogP contribution in [0.4, 0.5) is 0 Å². The first-order chi connectivity index (χ1) is 12.1. The van der Waals surface area contributed by atoms with Crippen LogP contribution in [0, 0.1) is 11.3 Å². The first kappa shape index (κ1) is 18.4. The molecule has 0 saturated carbocycles. The molecule has 2 atom stereocenters. The average molecular weight is 349 g/mol. The third-order valence-corrected chi connectivity index (χ3v) is 5.40. The number of hydrogen-bond acceptors (Lipinski definition) is 5. The predicted molar refractivity (Wildman–Crippen MR) is 95.4 cm³/mol. The minimum absolute atomic E-state index is 0.141. The van der Waals surface area contributed by atoms with Crippen LogP contribution in [0.1, 0.15) is 56.9 Å². The molecular weight excluding hydrogens is 318 g/mol. The molecule has 0 unspecified atom stereocenters. The molecular formula is C19H31N3O3. The molecule has 2 aliphatic rings. The van der Waals surface area contributed by atoms with Gasteiger partial charge in [-0.2, -0.15) is 0 Å².